The first kappa shape index (κ1) is 15.9. The molecule has 6 heteroatoms. The van der Waals surface area contributed by atoms with Crippen LogP contribution in [0.1, 0.15) is 32.6 Å². The van der Waals surface area contributed by atoms with Crippen LogP contribution >= 0.6 is 0 Å². The van der Waals surface area contributed by atoms with Gasteiger partial charge in [-0.3, -0.25) is 14.5 Å². The molecule has 0 radical (unpaired) electrons. The van der Waals surface area contributed by atoms with Crippen LogP contribution in [0.5, 0.6) is 0 Å². The second-order valence-electron chi connectivity index (χ2n) is 4.77. The summed E-state index contributed by atoms with van der Waals surface area (Å²) in [5.41, 5.74) is 5.38. The standard InChI is InChI=1S/C13H25N3O3/c1-2-19-12(17)6-4-3-5-8-16-9-7-15-10-11(16)13(14)18/h11,15H,2-10H2,1H3,(H2,14,18). The van der Waals surface area contributed by atoms with Crippen molar-refractivity contribution < 1.29 is 14.3 Å². The molecule has 0 aromatic carbocycles. The maximum absolute atomic E-state index is 11.3. The summed E-state index contributed by atoms with van der Waals surface area (Å²) >= 11 is 0. The Morgan fingerprint density at radius 2 is 2.16 bits per heavy atom. The lowest BCUT2D eigenvalue weighted by Gasteiger charge is -2.34. The van der Waals surface area contributed by atoms with Gasteiger partial charge in [-0.2, -0.15) is 0 Å². The number of nitrogens with two attached hydrogens (primary N) is 1. The van der Waals surface area contributed by atoms with E-state index in [9.17, 15) is 9.59 Å². The van der Waals surface area contributed by atoms with Crippen molar-refractivity contribution in [3.63, 3.8) is 0 Å². The first-order valence-corrected chi connectivity index (χ1v) is 7.05. The minimum absolute atomic E-state index is 0.125. The molecule has 0 aliphatic carbocycles. The fourth-order valence-corrected chi connectivity index (χ4v) is 2.29. The number of unbranched alkanes of at least 4 members (excludes halogenated alkanes) is 2. The number of rotatable bonds is 8. The first-order chi connectivity index (χ1) is 9.15. The Hall–Kier alpha value is -1.14. The van der Waals surface area contributed by atoms with Gasteiger partial charge >= 0.3 is 5.97 Å². The number of nitrogens with one attached hydrogen (secondary N) is 1. The molecule has 0 aromatic heterocycles. The maximum atomic E-state index is 11.3. The molecule has 1 heterocycles. The molecule has 1 aliphatic heterocycles. The molecule has 0 bridgehead atoms. The topological polar surface area (TPSA) is 84.7 Å². The number of hydrogen-bond donors (Lipinski definition) is 2. The first-order valence-electron chi connectivity index (χ1n) is 7.05. The molecule has 1 aliphatic rings. The quantitative estimate of drug-likeness (QED) is 0.474. The van der Waals surface area contributed by atoms with Crippen LogP contribution in [0.15, 0.2) is 0 Å². The molecule has 0 saturated carbocycles. The van der Waals surface area contributed by atoms with E-state index in [1.807, 2.05) is 6.92 Å². The third-order valence-corrected chi connectivity index (χ3v) is 3.31. The number of primary amides is 1. The molecule has 6 nitrogen and oxygen atoms in total. The van der Waals surface area contributed by atoms with Crippen LogP contribution in [0.3, 0.4) is 0 Å². The van der Waals surface area contributed by atoms with E-state index in [1.54, 1.807) is 0 Å². The summed E-state index contributed by atoms with van der Waals surface area (Å²) in [5, 5.41) is 3.17. The summed E-state index contributed by atoms with van der Waals surface area (Å²) in [7, 11) is 0. The van der Waals surface area contributed by atoms with Gasteiger partial charge in [0.05, 0.1) is 6.61 Å². The van der Waals surface area contributed by atoms with Crippen LogP contribution in [0.2, 0.25) is 0 Å². The van der Waals surface area contributed by atoms with Gasteiger partial charge in [0.25, 0.3) is 0 Å². The molecule has 1 unspecified atom stereocenters. The van der Waals surface area contributed by atoms with Crippen molar-refractivity contribution in [2.75, 3.05) is 32.8 Å². The number of carbonyl (C=O) groups excluding carboxylic acids is 2. The highest BCUT2D eigenvalue weighted by Crippen LogP contribution is 2.07. The average Bonchev–Trinajstić information content (AvgIpc) is 2.39. The summed E-state index contributed by atoms with van der Waals surface area (Å²) in [6.07, 6.45) is 3.26. The van der Waals surface area contributed by atoms with Gasteiger partial charge in [-0.05, 0) is 26.3 Å². The predicted molar refractivity (Wildman–Crippen MR) is 72.5 cm³/mol. The molecule has 110 valence electrons. The fourth-order valence-electron chi connectivity index (χ4n) is 2.29. The zero-order valence-corrected chi connectivity index (χ0v) is 11.7. The van der Waals surface area contributed by atoms with Crippen molar-refractivity contribution in [1.82, 2.24) is 10.2 Å². The second kappa shape index (κ2) is 8.87. The third kappa shape index (κ3) is 6.02. The lowest BCUT2D eigenvalue weighted by atomic mass is 10.1. The molecule has 0 aromatic rings. The number of esters is 1. The number of amides is 1. The van der Waals surface area contributed by atoms with E-state index in [-0.39, 0.29) is 17.9 Å². The summed E-state index contributed by atoms with van der Waals surface area (Å²) in [5.74, 6) is -0.390. The minimum Gasteiger partial charge on any atom is -0.466 e. The van der Waals surface area contributed by atoms with Crippen LogP contribution < -0.4 is 11.1 Å². The summed E-state index contributed by atoms with van der Waals surface area (Å²) in [6.45, 7) is 5.50. The lowest BCUT2D eigenvalue weighted by Crippen LogP contribution is -2.56. The summed E-state index contributed by atoms with van der Waals surface area (Å²) in [6, 6.07) is -0.196. The van der Waals surface area contributed by atoms with Gasteiger partial charge in [0.2, 0.25) is 5.91 Å². The van der Waals surface area contributed by atoms with Gasteiger partial charge in [0.15, 0.2) is 0 Å². The van der Waals surface area contributed by atoms with E-state index in [4.69, 9.17) is 10.5 Å². The van der Waals surface area contributed by atoms with Gasteiger partial charge < -0.3 is 15.8 Å². The van der Waals surface area contributed by atoms with Crippen molar-refractivity contribution in [2.45, 2.75) is 38.6 Å². The Bertz CT molecular complexity index is 297. The molecular weight excluding hydrogens is 246 g/mol. The molecular formula is C13H25N3O3. The van der Waals surface area contributed by atoms with E-state index < -0.39 is 0 Å². The normalized spacial score (nSPS) is 20.2. The van der Waals surface area contributed by atoms with Gasteiger partial charge in [-0.1, -0.05) is 6.42 Å². The Kier molecular flexibility index (Phi) is 7.43. The molecule has 1 atom stereocenters. The van der Waals surface area contributed by atoms with E-state index in [1.165, 1.54) is 0 Å². The van der Waals surface area contributed by atoms with Crippen LogP contribution in [-0.4, -0.2) is 55.6 Å². The summed E-state index contributed by atoms with van der Waals surface area (Å²) < 4.78 is 4.87. The molecule has 1 fully saturated rings. The SMILES string of the molecule is CCOC(=O)CCCCCN1CCNCC1C(N)=O. The third-order valence-electron chi connectivity index (χ3n) is 3.31. The average molecular weight is 271 g/mol. The Morgan fingerprint density at radius 1 is 1.37 bits per heavy atom. The number of hydrogen-bond acceptors (Lipinski definition) is 5. The molecule has 19 heavy (non-hydrogen) atoms. The molecule has 1 rings (SSSR count). The van der Waals surface area contributed by atoms with Crippen molar-refractivity contribution in [3.05, 3.63) is 0 Å². The maximum Gasteiger partial charge on any atom is 0.305 e. The van der Waals surface area contributed by atoms with Gasteiger partial charge in [0, 0.05) is 26.1 Å². The smallest absolute Gasteiger partial charge is 0.305 e. The molecule has 1 amide bonds. The fraction of sp³-hybridized carbons (Fsp3) is 0.846. The van der Waals surface area contributed by atoms with Gasteiger partial charge in [0.1, 0.15) is 6.04 Å². The van der Waals surface area contributed by atoms with Crippen molar-refractivity contribution in [1.29, 1.82) is 0 Å². The van der Waals surface area contributed by atoms with Crippen LogP contribution in [0.4, 0.5) is 0 Å². The second-order valence-corrected chi connectivity index (χ2v) is 4.77. The van der Waals surface area contributed by atoms with Crippen LogP contribution in [0, 0.1) is 0 Å². The Balaban J connectivity index is 2.13. The number of piperazine rings is 1. The van der Waals surface area contributed by atoms with Crippen molar-refractivity contribution in [2.24, 2.45) is 5.73 Å². The number of ether oxygens (including phenoxy) is 1. The van der Waals surface area contributed by atoms with E-state index in [2.05, 4.69) is 10.2 Å². The van der Waals surface area contributed by atoms with Crippen LogP contribution in [-0.2, 0) is 14.3 Å². The van der Waals surface area contributed by atoms with Gasteiger partial charge in [-0.15, -0.1) is 0 Å². The molecule has 1 saturated heterocycles. The largest absolute Gasteiger partial charge is 0.466 e. The van der Waals surface area contributed by atoms with Gasteiger partial charge in [-0.25, -0.2) is 0 Å². The Morgan fingerprint density at radius 3 is 2.84 bits per heavy atom. The van der Waals surface area contributed by atoms with E-state index in [0.29, 0.717) is 19.6 Å². The van der Waals surface area contributed by atoms with Crippen molar-refractivity contribution in [3.8, 4) is 0 Å². The molecule has 3 N–H and O–H groups in total. The minimum atomic E-state index is -0.265. The summed E-state index contributed by atoms with van der Waals surface area (Å²) in [4.78, 5) is 24.6. The highest BCUT2D eigenvalue weighted by atomic mass is 16.5. The monoisotopic (exact) mass is 271 g/mol. The predicted octanol–water partition coefficient (Wildman–Crippen LogP) is -0.131. The Labute approximate surface area is 114 Å². The number of carbonyl (C=O) groups is 2. The zero-order chi connectivity index (χ0) is 14.1. The van der Waals surface area contributed by atoms with E-state index in [0.717, 1.165) is 38.9 Å². The zero-order valence-electron chi connectivity index (χ0n) is 11.7. The van der Waals surface area contributed by atoms with E-state index >= 15 is 0 Å². The highest BCUT2D eigenvalue weighted by Gasteiger charge is 2.25. The van der Waals surface area contributed by atoms with Crippen LogP contribution in [0.25, 0.3) is 0 Å². The number of nitrogens with zero attached hydrogens (tertiary/aromatic N) is 1. The lowest BCUT2D eigenvalue weighted by molar-refractivity contribution is -0.143. The highest BCUT2D eigenvalue weighted by molar-refractivity contribution is 5.80. The van der Waals surface area contributed by atoms with Crippen molar-refractivity contribution >= 4 is 11.9 Å². The molecule has 0 spiro atoms.